The van der Waals surface area contributed by atoms with E-state index in [1.54, 1.807) is 0 Å². The Morgan fingerprint density at radius 2 is 2.17 bits per heavy atom. The number of carbonyl (C=O) groups is 1. The van der Waals surface area contributed by atoms with Crippen molar-refractivity contribution in [2.75, 3.05) is 13.1 Å². The molecule has 1 aromatic carbocycles. The molecule has 1 aliphatic heterocycles. The van der Waals surface area contributed by atoms with Crippen molar-refractivity contribution in [3.63, 3.8) is 0 Å². The van der Waals surface area contributed by atoms with Gasteiger partial charge >= 0.3 is 0 Å². The van der Waals surface area contributed by atoms with Crippen LogP contribution in [-0.4, -0.2) is 29.9 Å². The molecule has 1 N–H and O–H groups in total. The molecule has 1 aliphatic rings. The van der Waals surface area contributed by atoms with E-state index in [0.29, 0.717) is 12.5 Å². The number of rotatable bonds is 4. The number of nitrogens with one attached hydrogen (secondary N) is 1. The standard InChI is InChI=1S/C15H22N2O/c1-2-15(18)16-14-9-6-10-17(12-14)11-13-7-4-3-5-8-13/h3-5,7-8,14H,2,6,9-12H2,1H3,(H,16,18). The topological polar surface area (TPSA) is 32.3 Å². The SMILES string of the molecule is CCC(=O)NC1CCCN(Cc2ccccc2)C1. The van der Waals surface area contributed by atoms with Crippen molar-refractivity contribution in [1.82, 2.24) is 10.2 Å². The number of carbonyl (C=O) groups excluding carboxylic acids is 1. The summed E-state index contributed by atoms with van der Waals surface area (Å²) in [5.74, 6) is 0.168. The van der Waals surface area contributed by atoms with Gasteiger partial charge in [-0.25, -0.2) is 0 Å². The van der Waals surface area contributed by atoms with Crippen LogP contribution in [0.15, 0.2) is 30.3 Å². The van der Waals surface area contributed by atoms with E-state index >= 15 is 0 Å². The number of nitrogens with zero attached hydrogens (tertiary/aromatic N) is 1. The molecule has 1 unspecified atom stereocenters. The van der Waals surface area contributed by atoms with Crippen LogP contribution in [0.2, 0.25) is 0 Å². The van der Waals surface area contributed by atoms with Gasteiger partial charge in [0.15, 0.2) is 0 Å². The molecule has 1 fully saturated rings. The summed E-state index contributed by atoms with van der Waals surface area (Å²) in [4.78, 5) is 13.8. The largest absolute Gasteiger partial charge is 0.352 e. The lowest BCUT2D eigenvalue weighted by Crippen LogP contribution is -2.47. The molecule has 0 spiro atoms. The van der Waals surface area contributed by atoms with Crippen molar-refractivity contribution in [3.8, 4) is 0 Å². The van der Waals surface area contributed by atoms with Crippen LogP contribution >= 0.6 is 0 Å². The molecule has 1 saturated heterocycles. The molecule has 0 radical (unpaired) electrons. The van der Waals surface area contributed by atoms with Crippen LogP contribution in [-0.2, 0) is 11.3 Å². The summed E-state index contributed by atoms with van der Waals surface area (Å²) in [6.45, 7) is 4.99. The Bertz CT molecular complexity index is 377. The number of likely N-dealkylation sites (tertiary alicyclic amines) is 1. The van der Waals surface area contributed by atoms with Gasteiger partial charge in [0.2, 0.25) is 5.91 Å². The first-order chi connectivity index (χ1) is 8.78. The average Bonchev–Trinajstić information content (AvgIpc) is 2.40. The summed E-state index contributed by atoms with van der Waals surface area (Å²) < 4.78 is 0. The van der Waals surface area contributed by atoms with Crippen molar-refractivity contribution in [2.24, 2.45) is 0 Å². The Hall–Kier alpha value is -1.35. The van der Waals surface area contributed by atoms with Gasteiger partial charge in [0, 0.05) is 25.6 Å². The fourth-order valence-corrected chi connectivity index (χ4v) is 2.49. The fraction of sp³-hybridized carbons (Fsp3) is 0.533. The molecule has 3 nitrogen and oxygen atoms in total. The second kappa shape index (κ2) is 6.55. The van der Waals surface area contributed by atoms with Crippen molar-refractivity contribution < 1.29 is 4.79 Å². The molecular weight excluding hydrogens is 224 g/mol. The van der Waals surface area contributed by atoms with E-state index in [0.717, 1.165) is 26.1 Å². The van der Waals surface area contributed by atoms with Crippen molar-refractivity contribution >= 4 is 5.91 Å². The predicted molar refractivity (Wildman–Crippen MR) is 73.2 cm³/mol. The van der Waals surface area contributed by atoms with E-state index in [2.05, 4.69) is 34.5 Å². The van der Waals surface area contributed by atoms with Crippen LogP contribution in [0.5, 0.6) is 0 Å². The van der Waals surface area contributed by atoms with Crippen molar-refractivity contribution in [3.05, 3.63) is 35.9 Å². The maximum atomic E-state index is 11.4. The summed E-state index contributed by atoms with van der Waals surface area (Å²) in [7, 11) is 0. The maximum absolute atomic E-state index is 11.4. The Morgan fingerprint density at radius 3 is 2.89 bits per heavy atom. The number of piperidine rings is 1. The normalized spacial score (nSPS) is 20.6. The first kappa shape index (κ1) is 13.1. The summed E-state index contributed by atoms with van der Waals surface area (Å²) in [6, 6.07) is 10.9. The van der Waals surface area contributed by atoms with Gasteiger partial charge in [-0.05, 0) is 24.9 Å². The van der Waals surface area contributed by atoms with E-state index in [-0.39, 0.29) is 5.91 Å². The number of amides is 1. The zero-order valence-corrected chi connectivity index (χ0v) is 11.1. The van der Waals surface area contributed by atoms with Crippen LogP contribution < -0.4 is 5.32 Å². The second-order valence-electron chi connectivity index (χ2n) is 4.98. The summed E-state index contributed by atoms with van der Waals surface area (Å²) in [5.41, 5.74) is 1.35. The zero-order valence-electron chi connectivity index (χ0n) is 11.1. The highest BCUT2D eigenvalue weighted by Gasteiger charge is 2.20. The van der Waals surface area contributed by atoms with Gasteiger partial charge in [-0.2, -0.15) is 0 Å². The van der Waals surface area contributed by atoms with Crippen LogP contribution in [0.4, 0.5) is 0 Å². The van der Waals surface area contributed by atoms with Gasteiger partial charge < -0.3 is 5.32 Å². The monoisotopic (exact) mass is 246 g/mol. The molecule has 2 rings (SSSR count). The molecule has 1 atom stereocenters. The molecule has 3 heteroatoms. The quantitative estimate of drug-likeness (QED) is 0.883. The third kappa shape index (κ3) is 3.84. The van der Waals surface area contributed by atoms with E-state index in [4.69, 9.17) is 0 Å². The highest BCUT2D eigenvalue weighted by Crippen LogP contribution is 2.13. The van der Waals surface area contributed by atoms with Crippen LogP contribution in [0.1, 0.15) is 31.7 Å². The minimum Gasteiger partial charge on any atom is -0.352 e. The van der Waals surface area contributed by atoms with Gasteiger partial charge in [0.05, 0.1) is 0 Å². The third-order valence-corrected chi connectivity index (χ3v) is 3.44. The molecule has 1 aromatic rings. The Kier molecular flexibility index (Phi) is 4.76. The van der Waals surface area contributed by atoms with Crippen molar-refractivity contribution in [2.45, 2.75) is 38.8 Å². The van der Waals surface area contributed by atoms with E-state index < -0.39 is 0 Å². The Labute approximate surface area is 109 Å². The van der Waals surface area contributed by atoms with E-state index in [1.807, 2.05) is 13.0 Å². The smallest absolute Gasteiger partial charge is 0.219 e. The van der Waals surface area contributed by atoms with Crippen molar-refractivity contribution in [1.29, 1.82) is 0 Å². The van der Waals surface area contributed by atoms with Gasteiger partial charge in [-0.15, -0.1) is 0 Å². The molecule has 0 aliphatic carbocycles. The number of hydrogen-bond acceptors (Lipinski definition) is 2. The molecule has 18 heavy (non-hydrogen) atoms. The lowest BCUT2D eigenvalue weighted by Gasteiger charge is -2.33. The highest BCUT2D eigenvalue weighted by atomic mass is 16.1. The van der Waals surface area contributed by atoms with Gasteiger partial charge in [-0.3, -0.25) is 9.69 Å². The second-order valence-corrected chi connectivity index (χ2v) is 4.98. The molecule has 1 amide bonds. The van der Waals surface area contributed by atoms with Gasteiger partial charge in [-0.1, -0.05) is 37.3 Å². The number of hydrogen-bond donors (Lipinski definition) is 1. The summed E-state index contributed by atoms with van der Waals surface area (Å²) in [5, 5.41) is 3.10. The first-order valence-electron chi connectivity index (χ1n) is 6.83. The molecule has 0 bridgehead atoms. The van der Waals surface area contributed by atoms with Crippen LogP contribution in [0, 0.1) is 0 Å². The molecule has 1 heterocycles. The highest BCUT2D eigenvalue weighted by molar-refractivity contribution is 5.75. The van der Waals surface area contributed by atoms with Gasteiger partial charge in [0.25, 0.3) is 0 Å². The number of benzene rings is 1. The summed E-state index contributed by atoms with van der Waals surface area (Å²) in [6.07, 6.45) is 2.85. The molecule has 0 saturated carbocycles. The maximum Gasteiger partial charge on any atom is 0.219 e. The molecule has 98 valence electrons. The van der Waals surface area contributed by atoms with Crippen LogP contribution in [0.25, 0.3) is 0 Å². The van der Waals surface area contributed by atoms with E-state index in [1.165, 1.54) is 12.0 Å². The predicted octanol–water partition coefficient (Wildman–Crippen LogP) is 2.18. The first-order valence-corrected chi connectivity index (χ1v) is 6.83. The summed E-state index contributed by atoms with van der Waals surface area (Å²) >= 11 is 0. The van der Waals surface area contributed by atoms with Gasteiger partial charge in [0.1, 0.15) is 0 Å². The molecular formula is C15H22N2O. The van der Waals surface area contributed by atoms with E-state index in [9.17, 15) is 4.79 Å². The lowest BCUT2D eigenvalue weighted by molar-refractivity contribution is -0.121. The Balaban J connectivity index is 1.85. The lowest BCUT2D eigenvalue weighted by atomic mass is 10.0. The molecule has 0 aromatic heterocycles. The zero-order chi connectivity index (χ0) is 12.8. The average molecular weight is 246 g/mol. The minimum absolute atomic E-state index is 0.168. The van der Waals surface area contributed by atoms with Crippen LogP contribution in [0.3, 0.4) is 0 Å². The minimum atomic E-state index is 0.168. The fourth-order valence-electron chi connectivity index (χ4n) is 2.49. The Morgan fingerprint density at radius 1 is 1.39 bits per heavy atom. The third-order valence-electron chi connectivity index (χ3n) is 3.44.